The summed E-state index contributed by atoms with van der Waals surface area (Å²) in [5.74, 6) is 0.933. The maximum absolute atomic E-state index is 4.31. The molecular weight excluding hydrogens is 214 g/mol. The van der Waals surface area contributed by atoms with Crippen LogP contribution < -0.4 is 5.32 Å². The molecule has 1 N–H and O–H groups in total. The highest BCUT2D eigenvalue weighted by Gasteiger charge is 2.05. The van der Waals surface area contributed by atoms with Gasteiger partial charge >= 0.3 is 0 Å². The van der Waals surface area contributed by atoms with Crippen molar-refractivity contribution in [2.45, 2.75) is 32.9 Å². The van der Waals surface area contributed by atoms with Crippen molar-refractivity contribution in [3.63, 3.8) is 0 Å². The Hall–Kier alpha value is -1.78. The van der Waals surface area contributed by atoms with E-state index < -0.39 is 0 Å². The first-order chi connectivity index (χ1) is 8.16. The van der Waals surface area contributed by atoms with E-state index in [1.807, 2.05) is 36.4 Å². The highest BCUT2D eigenvalue weighted by molar-refractivity contribution is 5.26. The minimum absolute atomic E-state index is 0.396. The number of aromatic nitrogens is 4. The monoisotopic (exact) mass is 233 g/mol. The molecule has 0 fully saturated rings. The fourth-order valence-electron chi connectivity index (χ4n) is 1.77. The molecule has 2 heterocycles. The van der Waals surface area contributed by atoms with Crippen LogP contribution in [0.25, 0.3) is 0 Å². The van der Waals surface area contributed by atoms with Crippen molar-refractivity contribution in [2.24, 2.45) is 7.05 Å². The average Bonchev–Trinajstić information content (AvgIpc) is 2.84. The van der Waals surface area contributed by atoms with E-state index in [4.69, 9.17) is 0 Å². The zero-order chi connectivity index (χ0) is 12.3. The minimum Gasteiger partial charge on any atom is -0.353 e. The maximum atomic E-state index is 4.31. The zero-order valence-electron chi connectivity index (χ0n) is 10.6. The summed E-state index contributed by atoms with van der Waals surface area (Å²) in [4.78, 5) is 4.31. The van der Waals surface area contributed by atoms with Crippen molar-refractivity contribution in [1.82, 2.24) is 19.3 Å². The predicted octanol–water partition coefficient (Wildman–Crippen LogP) is 1.68. The molecule has 0 saturated carbocycles. The van der Waals surface area contributed by atoms with Crippen LogP contribution in [-0.4, -0.2) is 25.4 Å². The van der Waals surface area contributed by atoms with Gasteiger partial charge in [0, 0.05) is 50.3 Å². The lowest BCUT2D eigenvalue weighted by molar-refractivity contribution is 0.636. The summed E-state index contributed by atoms with van der Waals surface area (Å²) >= 11 is 0. The van der Waals surface area contributed by atoms with Gasteiger partial charge in [-0.2, -0.15) is 5.10 Å². The fraction of sp³-hybridized carbons (Fsp3) is 0.500. The Morgan fingerprint density at radius 2 is 2.18 bits per heavy atom. The minimum atomic E-state index is 0.396. The molecule has 0 aromatic carbocycles. The van der Waals surface area contributed by atoms with Crippen LogP contribution >= 0.6 is 0 Å². The van der Waals surface area contributed by atoms with Crippen LogP contribution in [0, 0.1) is 0 Å². The van der Waals surface area contributed by atoms with Gasteiger partial charge < -0.3 is 9.88 Å². The van der Waals surface area contributed by atoms with Crippen LogP contribution in [0.2, 0.25) is 0 Å². The summed E-state index contributed by atoms with van der Waals surface area (Å²) < 4.78 is 4.04. The Balaban J connectivity index is 1.99. The number of nitrogens with zero attached hydrogens (tertiary/aromatic N) is 4. The van der Waals surface area contributed by atoms with Crippen molar-refractivity contribution in [3.8, 4) is 0 Å². The second kappa shape index (κ2) is 5.03. The lowest BCUT2D eigenvalue weighted by Crippen LogP contribution is -2.15. The number of imidazole rings is 1. The molecule has 2 rings (SSSR count). The normalized spacial score (nSPS) is 11.1. The topological polar surface area (TPSA) is 47.7 Å². The molecule has 17 heavy (non-hydrogen) atoms. The summed E-state index contributed by atoms with van der Waals surface area (Å²) in [6.07, 6.45) is 6.62. The Morgan fingerprint density at radius 1 is 1.35 bits per heavy atom. The number of aryl methyl sites for hydroxylation is 3. The van der Waals surface area contributed by atoms with Gasteiger partial charge in [0.2, 0.25) is 5.95 Å². The van der Waals surface area contributed by atoms with Gasteiger partial charge in [0.15, 0.2) is 0 Å². The molecule has 0 radical (unpaired) electrons. The summed E-state index contributed by atoms with van der Waals surface area (Å²) in [7, 11) is 1.97. The fourth-order valence-corrected chi connectivity index (χ4v) is 1.77. The molecule has 0 spiro atoms. The molecule has 0 aliphatic heterocycles. The quantitative estimate of drug-likeness (QED) is 0.854. The van der Waals surface area contributed by atoms with Crippen molar-refractivity contribution >= 4 is 5.95 Å². The van der Waals surface area contributed by atoms with Gasteiger partial charge in [0.05, 0.1) is 0 Å². The molecule has 0 bridgehead atoms. The van der Waals surface area contributed by atoms with Gasteiger partial charge in [0.25, 0.3) is 0 Å². The first kappa shape index (κ1) is 11.7. The number of hydrogen-bond acceptors (Lipinski definition) is 3. The Bertz CT molecular complexity index is 469. The second-order valence-corrected chi connectivity index (χ2v) is 4.44. The highest BCUT2D eigenvalue weighted by atomic mass is 15.3. The Kier molecular flexibility index (Phi) is 3.46. The smallest absolute Gasteiger partial charge is 0.202 e. The molecule has 0 aliphatic rings. The van der Waals surface area contributed by atoms with Crippen LogP contribution in [0.3, 0.4) is 0 Å². The highest BCUT2D eigenvalue weighted by Crippen LogP contribution is 2.08. The number of rotatable bonds is 5. The van der Waals surface area contributed by atoms with Gasteiger partial charge in [-0.3, -0.25) is 4.68 Å². The van der Waals surface area contributed by atoms with E-state index in [1.54, 1.807) is 0 Å². The molecule has 0 unspecified atom stereocenters. The zero-order valence-corrected chi connectivity index (χ0v) is 10.6. The summed E-state index contributed by atoms with van der Waals surface area (Å²) in [6, 6.07) is 2.44. The molecule has 2 aromatic rings. The third kappa shape index (κ3) is 2.87. The van der Waals surface area contributed by atoms with Crippen molar-refractivity contribution in [1.29, 1.82) is 0 Å². The Labute approximate surface area is 101 Å². The maximum Gasteiger partial charge on any atom is 0.202 e. The molecule has 0 saturated heterocycles. The van der Waals surface area contributed by atoms with Crippen molar-refractivity contribution in [2.75, 3.05) is 5.32 Å². The van der Waals surface area contributed by atoms with E-state index in [-0.39, 0.29) is 0 Å². The summed E-state index contributed by atoms with van der Waals surface area (Å²) in [5, 5.41) is 7.49. The van der Waals surface area contributed by atoms with Crippen molar-refractivity contribution < 1.29 is 0 Å². The Morgan fingerprint density at radius 3 is 2.82 bits per heavy atom. The standard InChI is InChI=1S/C12H19N5/c1-10(2)15-12-13-7-9-17(12)8-5-11-4-6-14-16(11)3/h4,6-7,9-10H,5,8H2,1-3H3,(H,13,15). The van der Waals surface area contributed by atoms with E-state index in [1.165, 1.54) is 5.69 Å². The second-order valence-electron chi connectivity index (χ2n) is 4.44. The van der Waals surface area contributed by atoms with E-state index in [0.717, 1.165) is 18.9 Å². The first-order valence-corrected chi connectivity index (χ1v) is 5.91. The van der Waals surface area contributed by atoms with Gasteiger partial charge in [-0.15, -0.1) is 0 Å². The third-order valence-electron chi connectivity index (χ3n) is 2.66. The number of nitrogens with one attached hydrogen (secondary N) is 1. The van der Waals surface area contributed by atoms with Gasteiger partial charge in [-0.1, -0.05) is 0 Å². The molecular formula is C12H19N5. The van der Waals surface area contributed by atoms with Crippen LogP contribution in [0.15, 0.2) is 24.7 Å². The lowest BCUT2D eigenvalue weighted by Gasteiger charge is -2.12. The molecule has 0 atom stereocenters. The van der Waals surface area contributed by atoms with Gasteiger partial charge in [-0.05, 0) is 19.9 Å². The van der Waals surface area contributed by atoms with Gasteiger partial charge in [-0.25, -0.2) is 4.98 Å². The van der Waals surface area contributed by atoms with Crippen molar-refractivity contribution in [3.05, 3.63) is 30.4 Å². The molecule has 5 nitrogen and oxygen atoms in total. The lowest BCUT2D eigenvalue weighted by atomic mass is 10.3. The molecule has 5 heteroatoms. The molecule has 92 valence electrons. The van der Waals surface area contributed by atoms with E-state index in [2.05, 4.69) is 33.8 Å². The molecule has 2 aromatic heterocycles. The van der Waals surface area contributed by atoms with Crippen LogP contribution in [0.1, 0.15) is 19.5 Å². The largest absolute Gasteiger partial charge is 0.353 e. The first-order valence-electron chi connectivity index (χ1n) is 5.91. The summed E-state index contributed by atoms with van der Waals surface area (Å²) in [5.41, 5.74) is 1.23. The van der Waals surface area contributed by atoms with E-state index >= 15 is 0 Å². The molecule has 0 amide bonds. The van der Waals surface area contributed by atoms with Crippen LogP contribution in [0.4, 0.5) is 5.95 Å². The number of anilines is 1. The van der Waals surface area contributed by atoms with Gasteiger partial charge in [0.1, 0.15) is 0 Å². The number of hydrogen-bond donors (Lipinski definition) is 1. The summed E-state index contributed by atoms with van der Waals surface area (Å²) in [6.45, 7) is 5.13. The SMILES string of the molecule is CC(C)Nc1nccn1CCc1ccnn1C. The predicted molar refractivity (Wildman–Crippen MR) is 67.9 cm³/mol. The molecule has 0 aliphatic carbocycles. The average molecular weight is 233 g/mol. The third-order valence-corrected chi connectivity index (χ3v) is 2.66. The van der Waals surface area contributed by atoms with E-state index in [9.17, 15) is 0 Å². The van der Waals surface area contributed by atoms with Crippen LogP contribution in [-0.2, 0) is 20.0 Å². The van der Waals surface area contributed by atoms with E-state index in [0.29, 0.717) is 6.04 Å². The van der Waals surface area contributed by atoms with Crippen LogP contribution in [0.5, 0.6) is 0 Å².